The van der Waals surface area contributed by atoms with Gasteiger partial charge in [-0.15, -0.1) is 0 Å². The monoisotopic (exact) mass is 304 g/mol. The number of hydrogen-bond acceptors (Lipinski definition) is 3. The van der Waals surface area contributed by atoms with Crippen LogP contribution in [0.1, 0.15) is 12.5 Å². The Balaban J connectivity index is -0.000000563. The van der Waals surface area contributed by atoms with Gasteiger partial charge in [0.25, 0.3) is 0 Å². The third kappa shape index (κ3) is 5.30. The van der Waals surface area contributed by atoms with Crippen molar-refractivity contribution in [2.24, 2.45) is 0 Å². The van der Waals surface area contributed by atoms with Gasteiger partial charge in [0.05, 0.1) is 5.69 Å². The van der Waals surface area contributed by atoms with Gasteiger partial charge in [-0.05, 0) is 28.4 Å². The second-order valence-electron chi connectivity index (χ2n) is 2.58. The summed E-state index contributed by atoms with van der Waals surface area (Å²) in [5, 5.41) is 2.92. The Morgan fingerprint density at radius 1 is 1.56 bits per heavy atom. The van der Waals surface area contributed by atoms with E-state index >= 15 is 0 Å². The predicted molar refractivity (Wildman–Crippen MR) is 61.5 cm³/mol. The van der Waals surface area contributed by atoms with Crippen molar-refractivity contribution >= 4 is 39.1 Å². The number of aromatic nitrogens is 1. The maximum Gasteiger partial charge on any atom is 1.00 e. The summed E-state index contributed by atoms with van der Waals surface area (Å²) in [6, 6.07) is 0. The summed E-state index contributed by atoms with van der Waals surface area (Å²) in [6.45, 7) is 3.28. The summed E-state index contributed by atoms with van der Waals surface area (Å²) in [5.41, 5.74) is 1.43. The largest absolute Gasteiger partial charge is 1.00 e. The van der Waals surface area contributed by atoms with Crippen LogP contribution >= 0.6 is 27.5 Å². The van der Waals surface area contributed by atoms with Gasteiger partial charge in [0.15, 0.2) is 5.15 Å². The zero-order valence-corrected chi connectivity index (χ0v) is 11.5. The van der Waals surface area contributed by atoms with E-state index in [4.69, 9.17) is 11.6 Å². The topological polar surface area (TPSA) is 103 Å². The summed E-state index contributed by atoms with van der Waals surface area (Å²) in [5.74, 6) is -0.162. The molecule has 1 rings (SSSR count). The SMILES string of the molecule is CC(=O)Nc1c(Cl)ncc(Br)c1C.O.[Li+].[OH-]. The second-order valence-corrected chi connectivity index (χ2v) is 3.79. The number of amides is 1. The molecule has 1 heterocycles. The maximum absolute atomic E-state index is 10.8. The van der Waals surface area contributed by atoms with Crippen LogP contribution in [0.4, 0.5) is 5.69 Å². The Hall–Kier alpha value is -0.0926. The van der Waals surface area contributed by atoms with Crippen LogP contribution in [-0.4, -0.2) is 21.8 Å². The average Bonchev–Trinajstić information content (AvgIpc) is 2.05. The van der Waals surface area contributed by atoms with Crippen molar-refractivity contribution in [1.29, 1.82) is 0 Å². The molecule has 0 saturated heterocycles. The van der Waals surface area contributed by atoms with E-state index in [1.807, 2.05) is 6.92 Å². The van der Waals surface area contributed by atoms with Gasteiger partial charge in [0.1, 0.15) is 0 Å². The van der Waals surface area contributed by atoms with Crippen molar-refractivity contribution in [3.8, 4) is 0 Å². The van der Waals surface area contributed by atoms with Crippen LogP contribution in [0.2, 0.25) is 5.15 Å². The Bertz CT molecular complexity index is 365. The van der Waals surface area contributed by atoms with E-state index in [0.29, 0.717) is 10.8 Å². The fourth-order valence-corrected chi connectivity index (χ4v) is 1.41. The van der Waals surface area contributed by atoms with E-state index in [-0.39, 0.29) is 35.7 Å². The smallest absolute Gasteiger partial charge is 0.870 e. The standard InChI is InChI=1S/C8H8BrClN2O.Li.2H2O/c1-4-6(9)3-11-8(10)7(4)12-5(2)13;;;/h3H,1-2H3,(H,12,13);;2*1H2/q;+1;;/p-1. The Morgan fingerprint density at radius 3 is 2.50 bits per heavy atom. The molecule has 0 unspecified atom stereocenters. The number of halogens is 2. The third-order valence-corrected chi connectivity index (χ3v) is 2.62. The van der Waals surface area contributed by atoms with E-state index in [0.717, 1.165) is 10.0 Å². The van der Waals surface area contributed by atoms with Gasteiger partial charge in [-0.2, -0.15) is 0 Å². The van der Waals surface area contributed by atoms with Crippen LogP contribution in [0, 0.1) is 6.92 Å². The van der Waals surface area contributed by atoms with E-state index in [2.05, 4.69) is 26.2 Å². The second kappa shape index (κ2) is 8.99. The van der Waals surface area contributed by atoms with Gasteiger partial charge < -0.3 is 16.3 Å². The van der Waals surface area contributed by atoms with Gasteiger partial charge in [-0.1, -0.05) is 11.6 Å². The normalized spacial score (nSPS) is 8.00. The van der Waals surface area contributed by atoms with Gasteiger partial charge in [-0.25, -0.2) is 4.98 Å². The third-order valence-electron chi connectivity index (χ3n) is 1.53. The Morgan fingerprint density at radius 2 is 2.06 bits per heavy atom. The number of carbonyl (C=O) groups is 1. The van der Waals surface area contributed by atoms with Crippen LogP contribution in [0.3, 0.4) is 0 Å². The first kappa shape index (κ1) is 21.2. The van der Waals surface area contributed by atoms with Crippen molar-refractivity contribution in [1.82, 2.24) is 4.98 Å². The fourth-order valence-electron chi connectivity index (χ4n) is 0.870. The molecule has 0 aliphatic heterocycles. The molecule has 8 heteroatoms. The average molecular weight is 305 g/mol. The first-order valence-corrected chi connectivity index (χ1v) is 4.77. The molecule has 0 spiro atoms. The molecule has 0 radical (unpaired) electrons. The summed E-state index contributed by atoms with van der Waals surface area (Å²) in [7, 11) is 0. The molecule has 16 heavy (non-hydrogen) atoms. The van der Waals surface area contributed by atoms with Crippen molar-refractivity contribution in [3.63, 3.8) is 0 Å². The van der Waals surface area contributed by atoms with Gasteiger partial charge in [0, 0.05) is 17.6 Å². The predicted octanol–water partition coefficient (Wildman–Crippen LogP) is -1.23. The van der Waals surface area contributed by atoms with Gasteiger partial charge in [0.2, 0.25) is 5.91 Å². The van der Waals surface area contributed by atoms with E-state index in [9.17, 15) is 4.79 Å². The van der Waals surface area contributed by atoms with E-state index < -0.39 is 0 Å². The molecule has 0 aromatic carbocycles. The molecule has 5 nitrogen and oxygen atoms in total. The van der Waals surface area contributed by atoms with Crippen LogP contribution < -0.4 is 24.2 Å². The van der Waals surface area contributed by atoms with Crippen LogP contribution in [0.5, 0.6) is 0 Å². The molecule has 1 aromatic rings. The fraction of sp³-hybridized carbons (Fsp3) is 0.250. The van der Waals surface area contributed by atoms with E-state index in [1.54, 1.807) is 6.20 Å². The van der Waals surface area contributed by atoms with Crippen LogP contribution in [0.25, 0.3) is 0 Å². The molecule has 86 valence electrons. The van der Waals surface area contributed by atoms with Crippen molar-refractivity contribution < 1.29 is 34.6 Å². The van der Waals surface area contributed by atoms with Crippen molar-refractivity contribution in [2.75, 3.05) is 5.32 Å². The first-order chi connectivity index (χ1) is 6.02. The molecule has 0 bridgehead atoms. The number of carbonyl (C=O) groups excluding carboxylic acids is 1. The molecule has 0 saturated carbocycles. The summed E-state index contributed by atoms with van der Waals surface area (Å²) >= 11 is 9.10. The molecular weight excluding hydrogens is 294 g/mol. The maximum atomic E-state index is 10.8. The number of rotatable bonds is 1. The zero-order valence-electron chi connectivity index (χ0n) is 9.14. The number of pyridine rings is 1. The number of nitrogens with one attached hydrogen (secondary N) is 1. The molecule has 4 N–H and O–H groups in total. The van der Waals surface area contributed by atoms with E-state index in [1.165, 1.54) is 6.92 Å². The molecule has 0 aliphatic rings. The van der Waals surface area contributed by atoms with Gasteiger partial charge in [-0.3, -0.25) is 4.79 Å². The quantitative estimate of drug-likeness (QED) is 0.519. The minimum absolute atomic E-state index is 0. The molecule has 0 fully saturated rings. The van der Waals surface area contributed by atoms with Crippen molar-refractivity contribution in [3.05, 3.63) is 21.4 Å². The number of nitrogens with zero attached hydrogens (tertiary/aromatic N) is 1. The minimum Gasteiger partial charge on any atom is -0.870 e. The number of anilines is 1. The van der Waals surface area contributed by atoms with Gasteiger partial charge >= 0.3 is 18.9 Å². The molecule has 1 amide bonds. The summed E-state index contributed by atoms with van der Waals surface area (Å²) in [4.78, 5) is 14.7. The molecule has 1 aromatic heterocycles. The molecule has 0 aliphatic carbocycles. The van der Waals surface area contributed by atoms with Crippen molar-refractivity contribution in [2.45, 2.75) is 13.8 Å². The Labute approximate surface area is 119 Å². The summed E-state index contributed by atoms with van der Waals surface area (Å²) < 4.78 is 0.820. The minimum atomic E-state index is -0.162. The zero-order chi connectivity index (χ0) is 10.0. The van der Waals surface area contributed by atoms with Crippen LogP contribution in [-0.2, 0) is 4.79 Å². The van der Waals surface area contributed by atoms with Crippen LogP contribution in [0.15, 0.2) is 10.7 Å². The summed E-state index contributed by atoms with van der Waals surface area (Å²) in [6.07, 6.45) is 1.60. The first-order valence-electron chi connectivity index (χ1n) is 3.60. The Kier molecular flexibility index (Phi) is 11.9. The number of hydrogen-bond donors (Lipinski definition) is 1. The molecule has 0 atom stereocenters. The molecular formula is C8H11BrClLiN2O3.